The second-order valence-corrected chi connectivity index (χ2v) is 5.21. The summed E-state index contributed by atoms with van der Waals surface area (Å²) in [7, 11) is 1.76. The molecule has 0 bridgehead atoms. The Morgan fingerprint density at radius 3 is 2.30 bits per heavy atom. The van der Waals surface area contributed by atoms with Gasteiger partial charge in [-0.2, -0.15) is 5.26 Å². The topological polar surface area (TPSA) is 57.0 Å². The normalized spacial score (nSPS) is 10.9. The number of hydrogen-bond acceptors (Lipinski definition) is 3. The quantitative estimate of drug-likeness (QED) is 0.766. The molecule has 0 aliphatic rings. The Balaban J connectivity index is 2.86. The van der Waals surface area contributed by atoms with E-state index in [1.807, 2.05) is 26.0 Å². The van der Waals surface area contributed by atoms with Gasteiger partial charge in [-0.05, 0) is 30.5 Å². The van der Waals surface area contributed by atoms with Gasteiger partial charge in [0.25, 0.3) is 0 Å². The van der Waals surface area contributed by atoms with Crippen LogP contribution in [0.5, 0.6) is 0 Å². The van der Waals surface area contributed by atoms with Crippen molar-refractivity contribution in [3.05, 3.63) is 30.1 Å². The molecule has 0 unspecified atom stereocenters. The lowest BCUT2D eigenvalue weighted by atomic mass is 9.79. The van der Waals surface area contributed by atoms with Crippen LogP contribution in [0.3, 0.4) is 0 Å². The van der Waals surface area contributed by atoms with Gasteiger partial charge in [-0.3, -0.25) is 9.78 Å². The first-order valence-electron chi connectivity index (χ1n) is 7.15. The number of amides is 1. The first kappa shape index (κ1) is 16.2. The van der Waals surface area contributed by atoms with Gasteiger partial charge in [-0.15, -0.1) is 0 Å². The Kier molecular flexibility index (Phi) is 6.17. The van der Waals surface area contributed by atoms with Crippen LogP contribution in [0.1, 0.15) is 45.1 Å². The van der Waals surface area contributed by atoms with Crippen molar-refractivity contribution in [1.29, 1.82) is 5.26 Å². The van der Waals surface area contributed by atoms with Gasteiger partial charge in [0.15, 0.2) is 0 Å². The second kappa shape index (κ2) is 7.64. The number of carbonyl (C=O) groups is 1. The van der Waals surface area contributed by atoms with Crippen LogP contribution < -0.4 is 0 Å². The smallest absolute Gasteiger partial charge is 0.243 e. The minimum absolute atomic E-state index is 0.0690. The van der Waals surface area contributed by atoms with Crippen molar-refractivity contribution < 1.29 is 4.79 Å². The first-order chi connectivity index (χ1) is 9.59. The van der Waals surface area contributed by atoms with E-state index in [9.17, 15) is 10.1 Å². The van der Waals surface area contributed by atoms with Crippen molar-refractivity contribution in [2.45, 2.75) is 46.1 Å². The van der Waals surface area contributed by atoms with Crippen LogP contribution >= 0.6 is 0 Å². The fourth-order valence-electron chi connectivity index (χ4n) is 2.55. The zero-order valence-corrected chi connectivity index (χ0v) is 12.6. The highest BCUT2D eigenvalue weighted by molar-refractivity contribution is 5.85. The predicted molar refractivity (Wildman–Crippen MR) is 78.6 cm³/mol. The molecular weight excluding hydrogens is 250 g/mol. The summed E-state index contributed by atoms with van der Waals surface area (Å²) in [5.41, 5.74) is 0.154. The number of aromatic nitrogens is 1. The Labute approximate surface area is 121 Å². The third-order valence-electron chi connectivity index (χ3n) is 3.49. The summed E-state index contributed by atoms with van der Waals surface area (Å²) in [6.07, 6.45) is 6.34. The molecule has 0 aromatic carbocycles. The van der Waals surface area contributed by atoms with E-state index in [0.29, 0.717) is 19.4 Å². The van der Waals surface area contributed by atoms with Crippen LogP contribution in [0.4, 0.5) is 0 Å². The van der Waals surface area contributed by atoms with Crippen molar-refractivity contribution >= 4 is 5.91 Å². The van der Waals surface area contributed by atoms with Crippen molar-refractivity contribution in [2.24, 2.45) is 5.41 Å². The van der Waals surface area contributed by atoms with Gasteiger partial charge in [0.2, 0.25) is 5.91 Å². The molecule has 4 nitrogen and oxygen atoms in total. The van der Waals surface area contributed by atoms with Crippen LogP contribution in [-0.4, -0.2) is 22.8 Å². The molecule has 0 atom stereocenters. The van der Waals surface area contributed by atoms with Crippen molar-refractivity contribution in [2.75, 3.05) is 7.05 Å². The lowest BCUT2D eigenvalue weighted by Gasteiger charge is -2.30. The van der Waals surface area contributed by atoms with Gasteiger partial charge < -0.3 is 4.90 Å². The molecule has 1 heterocycles. The molecule has 108 valence electrons. The zero-order valence-electron chi connectivity index (χ0n) is 12.6. The summed E-state index contributed by atoms with van der Waals surface area (Å²) >= 11 is 0. The Morgan fingerprint density at radius 1 is 1.30 bits per heavy atom. The Bertz CT molecular complexity index is 458. The monoisotopic (exact) mass is 273 g/mol. The SMILES string of the molecule is CCCC(C#N)(CCC)C(=O)N(C)Cc1ccncc1. The fourth-order valence-corrected chi connectivity index (χ4v) is 2.55. The van der Waals surface area contributed by atoms with Crippen molar-refractivity contribution in [3.8, 4) is 6.07 Å². The minimum Gasteiger partial charge on any atom is -0.340 e. The summed E-state index contributed by atoms with van der Waals surface area (Å²) in [6.45, 7) is 4.54. The molecular formula is C16H23N3O. The van der Waals surface area contributed by atoms with Gasteiger partial charge in [0.1, 0.15) is 5.41 Å². The molecule has 0 saturated carbocycles. The van der Waals surface area contributed by atoms with E-state index in [1.54, 1.807) is 24.3 Å². The Hall–Kier alpha value is -1.89. The molecule has 20 heavy (non-hydrogen) atoms. The summed E-state index contributed by atoms with van der Waals surface area (Å²) in [4.78, 5) is 18.3. The van der Waals surface area contributed by atoms with E-state index in [4.69, 9.17) is 0 Å². The number of hydrogen-bond donors (Lipinski definition) is 0. The van der Waals surface area contributed by atoms with E-state index in [-0.39, 0.29) is 5.91 Å². The number of nitrogens with zero attached hydrogens (tertiary/aromatic N) is 3. The maximum absolute atomic E-state index is 12.7. The van der Waals surface area contributed by atoms with Crippen molar-refractivity contribution in [3.63, 3.8) is 0 Å². The largest absolute Gasteiger partial charge is 0.340 e. The van der Waals surface area contributed by atoms with E-state index in [2.05, 4.69) is 11.1 Å². The molecule has 0 saturated heterocycles. The molecule has 1 amide bonds. The highest BCUT2D eigenvalue weighted by Crippen LogP contribution is 2.31. The summed E-state index contributed by atoms with van der Waals surface area (Å²) in [5.74, 6) is -0.0690. The maximum Gasteiger partial charge on any atom is 0.243 e. The van der Waals surface area contributed by atoms with E-state index < -0.39 is 5.41 Å². The van der Waals surface area contributed by atoms with Crippen LogP contribution in [0.25, 0.3) is 0 Å². The highest BCUT2D eigenvalue weighted by atomic mass is 16.2. The van der Waals surface area contributed by atoms with Crippen molar-refractivity contribution in [1.82, 2.24) is 9.88 Å². The molecule has 0 aliphatic heterocycles. The van der Waals surface area contributed by atoms with Crippen LogP contribution in [0, 0.1) is 16.7 Å². The molecule has 0 fully saturated rings. The summed E-state index contributed by atoms with van der Waals surface area (Å²) < 4.78 is 0. The molecule has 0 radical (unpaired) electrons. The molecule has 1 aromatic rings. The molecule has 0 aliphatic carbocycles. The zero-order chi connectivity index (χ0) is 15.0. The third kappa shape index (κ3) is 3.80. The van der Waals surface area contributed by atoms with E-state index >= 15 is 0 Å². The number of pyridine rings is 1. The summed E-state index contributed by atoms with van der Waals surface area (Å²) in [6, 6.07) is 6.05. The number of carbonyl (C=O) groups excluding carboxylic acids is 1. The second-order valence-electron chi connectivity index (χ2n) is 5.21. The molecule has 1 aromatic heterocycles. The van der Waals surface area contributed by atoms with Gasteiger partial charge in [0.05, 0.1) is 6.07 Å². The van der Waals surface area contributed by atoms with Crippen LogP contribution in [0.2, 0.25) is 0 Å². The lowest BCUT2D eigenvalue weighted by molar-refractivity contribution is -0.139. The fraction of sp³-hybridized carbons (Fsp3) is 0.562. The average Bonchev–Trinajstić information content (AvgIpc) is 2.47. The maximum atomic E-state index is 12.7. The molecule has 0 N–H and O–H groups in total. The van der Waals surface area contributed by atoms with Gasteiger partial charge in [-0.1, -0.05) is 26.7 Å². The van der Waals surface area contributed by atoms with Gasteiger partial charge in [-0.25, -0.2) is 0 Å². The average molecular weight is 273 g/mol. The van der Waals surface area contributed by atoms with Gasteiger partial charge in [0, 0.05) is 26.0 Å². The van der Waals surface area contributed by atoms with E-state index in [0.717, 1.165) is 18.4 Å². The number of nitriles is 1. The third-order valence-corrected chi connectivity index (χ3v) is 3.49. The Morgan fingerprint density at radius 2 is 1.85 bits per heavy atom. The minimum atomic E-state index is -0.870. The summed E-state index contributed by atoms with van der Waals surface area (Å²) in [5, 5.41) is 9.52. The lowest BCUT2D eigenvalue weighted by Crippen LogP contribution is -2.41. The molecule has 0 spiro atoms. The van der Waals surface area contributed by atoms with E-state index in [1.165, 1.54) is 0 Å². The standard InChI is InChI=1S/C16H23N3O/c1-4-8-16(13-17,9-5-2)15(20)19(3)12-14-6-10-18-11-7-14/h6-7,10-11H,4-5,8-9,12H2,1-3H3. The van der Waals surface area contributed by atoms with Gasteiger partial charge >= 0.3 is 0 Å². The molecule has 1 rings (SSSR count). The van der Waals surface area contributed by atoms with Crippen LogP contribution in [-0.2, 0) is 11.3 Å². The van der Waals surface area contributed by atoms with Crippen LogP contribution in [0.15, 0.2) is 24.5 Å². The first-order valence-corrected chi connectivity index (χ1v) is 7.15. The molecule has 4 heteroatoms. The predicted octanol–water partition coefficient (Wildman–Crippen LogP) is 3.15. The highest BCUT2D eigenvalue weighted by Gasteiger charge is 2.38. The number of rotatable bonds is 7.